The van der Waals surface area contributed by atoms with Crippen LogP contribution in [0.2, 0.25) is 0 Å². The number of halogens is 4. The third kappa shape index (κ3) is 15.1. The Morgan fingerprint density at radius 3 is 1.40 bits per heavy atom. The Balaban J connectivity index is 2.93. The molecule has 15 heavy (non-hydrogen) atoms. The zero-order valence-electron chi connectivity index (χ0n) is 8.73. The Labute approximate surface area is 112 Å². The van der Waals surface area contributed by atoms with Gasteiger partial charge in [0.1, 0.15) is 9.67 Å². The molecule has 0 aromatic rings. The van der Waals surface area contributed by atoms with Crippen molar-refractivity contribution in [2.75, 3.05) is 13.2 Å². The van der Waals surface area contributed by atoms with Gasteiger partial charge in [-0.3, -0.25) is 0 Å². The molecule has 0 fully saturated rings. The molecule has 0 aliphatic rings. The number of unbranched alkanes of at least 4 members (excludes halogenated alkanes) is 2. The number of ether oxygens (including phenoxy) is 1. The summed E-state index contributed by atoms with van der Waals surface area (Å²) in [6.45, 7) is 1.57. The first-order valence-corrected chi connectivity index (χ1v) is 7.01. The van der Waals surface area contributed by atoms with Crippen LogP contribution in [0.3, 0.4) is 0 Å². The molecular formula is C10H18Cl4O. The second kappa shape index (κ2) is 11.6. The normalized spacial score (nSPS) is 11.6. The SMILES string of the molecule is ClC(Cl)CCCCOCCCCC(Cl)Cl. The van der Waals surface area contributed by atoms with Gasteiger partial charge in [-0.2, -0.15) is 0 Å². The second-order valence-electron chi connectivity index (χ2n) is 3.39. The fourth-order valence-corrected chi connectivity index (χ4v) is 1.72. The third-order valence-electron chi connectivity index (χ3n) is 1.92. The summed E-state index contributed by atoms with van der Waals surface area (Å²) in [5, 5.41) is 0. The summed E-state index contributed by atoms with van der Waals surface area (Å²) in [6, 6.07) is 0. The van der Waals surface area contributed by atoms with Crippen LogP contribution in [-0.4, -0.2) is 22.9 Å². The van der Waals surface area contributed by atoms with Crippen molar-refractivity contribution in [1.29, 1.82) is 0 Å². The molecule has 0 aliphatic heterocycles. The minimum absolute atomic E-state index is 0.241. The topological polar surface area (TPSA) is 9.23 Å². The van der Waals surface area contributed by atoms with E-state index in [4.69, 9.17) is 51.1 Å². The largest absolute Gasteiger partial charge is 0.381 e. The van der Waals surface area contributed by atoms with E-state index < -0.39 is 0 Å². The lowest BCUT2D eigenvalue weighted by molar-refractivity contribution is 0.126. The fraction of sp³-hybridized carbons (Fsp3) is 1.00. The summed E-state index contributed by atoms with van der Waals surface area (Å²) in [5.74, 6) is 0. The highest BCUT2D eigenvalue weighted by atomic mass is 35.5. The molecule has 0 saturated carbocycles. The molecule has 0 radical (unpaired) electrons. The quantitative estimate of drug-likeness (QED) is 0.409. The van der Waals surface area contributed by atoms with Crippen molar-refractivity contribution in [2.24, 2.45) is 0 Å². The Bertz CT molecular complexity index is 117. The second-order valence-corrected chi connectivity index (χ2v) is 5.94. The van der Waals surface area contributed by atoms with Gasteiger partial charge in [-0.15, -0.1) is 46.4 Å². The maximum Gasteiger partial charge on any atom is 0.107 e. The highest BCUT2D eigenvalue weighted by Gasteiger charge is 1.99. The summed E-state index contributed by atoms with van der Waals surface area (Å²) in [4.78, 5) is -0.483. The van der Waals surface area contributed by atoms with E-state index in [0.717, 1.165) is 51.7 Å². The first-order chi connectivity index (χ1) is 7.13. The first-order valence-electron chi connectivity index (χ1n) is 5.27. The van der Waals surface area contributed by atoms with Gasteiger partial charge in [0, 0.05) is 13.2 Å². The van der Waals surface area contributed by atoms with Crippen molar-refractivity contribution in [3.63, 3.8) is 0 Å². The van der Waals surface area contributed by atoms with Gasteiger partial charge in [-0.25, -0.2) is 0 Å². The minimum atomic E-state index is -0.241. The molecule has 1 nitrogen and oxygen atoms in total. The lowest BCUT2D eigenvalue weighted by atomic mass is 10.2. The van der Waals surface area contributed by atoms with Gasteiger partial charge in [0.05, 0.1) is 0 Å². The lowest BCUT2D eigenvalue weighted by Gasteiger charge is -2.05. The maximum atomic E-state index is 5.59. The predicted molar refractivity (Wildman–Crippen MR) is 69.5 cm³/mol. The molecule has 0 N–H and O–H groups in total. The summed E-state index contributed by atoms with van der Waals surface area (Å²) in [7, 11) is 0. The van der Waals surface area contributed by atoms with Crippen LogP contribution in [-0.2, 0) is 4.74 Å². The molecule has 0 saturated heterocycles. The minimum Gasteiger partial charge on any atom is -0.381 e. The Morgan fingerprint density at radius 2 is 1.07 bits per heavy atom. The zero-order chi connectivity index (χ0) is 11.5. The molecule has 0 aliphatic carbocycles. The van der Waals surface area contributed by atoms with Crippen molar-refractivity contribution in [3.05, 3.63) is 0 Å². The van der Waals surface area contributed by atoms with Crippen molar-refractivity contribution in [1.82, 2.24) is 0 Å². The molecule has 0 aromatic heterocycles. The predicted octanol–water partition coefficient (Wildman–Crippen LogP) is 4.95. The van der Waals surface area contributed by atoms with E-state index in [-0.39, 0.29) is 9.67 Å². The van der Waals surface area contributed by atoms with E-state index in [1.807, 2.05) is 0 Å². The number of hydrogen-bond donors (Lipinski definition) is 0. The van der Waals surface area contributed by atoms with Crippen molar-refractivity contribution in [2.45, 2.75) is 48.2 Å². The van der Waals surface area contributed by atoms with Crippen molar-refractivity contribution in [3.8, 4) is 0 Å². The standard InChI is InChI=1S/C10H18Cl4O/c11-9(12)5-1-3-7-15-8-4-2-6-10(13)14/h9-10H,1-8H2. The van der Waals surface area contributed by atoms with E-state index in [1.165, 1.54) is 0 Å². The molecule has 0 spiro atoms. The smallest absolute Gasteiger partial charge is 0.107 e. The molecule has 0 bridgehead atoms. The molecule has 0 amide bonds. The van der Waals surface area contributed by atoms with Gasteiger partial charge in [0.25, 0.3) is 0 Å². The van der Waals surface area contributed by atoms with Gasteiger partial charge >= 0.3 is 0 Å². The van der Waals surface area contributed by atoms with E-state index in [0.29, 0.717) is 0 Å². The molecule has 5 heteroatoms. The van der Waals surface area contributed by atoms with E-state index in [1.54, 1.807) is 0 Å². The summed E-state index contributed by atoms with van der Waals surface area (Å²) < 4.78 is 5.42. The monoisotopic (exact) mass is 294 g/mol. The van der Waals surface area contributed by atoms with Crippen LogP contribution in [0.15, 0.2) is 0 Å². The Kier molecular flexibility index (Phi) is 12.5. The molecule has 0 unspecified atom stereocenters. The van der Waals surface area contributed by atoms with Crippen LogP contribution >= 0.6 is 46.4 Å². The number of rotatable bonds is 10. The Morgan fingerprint density at radius 1 is 0.667 bits per heavy atom. The molecule has 0 heterocycles. The van der Waals surface area contributed by atoms with E-state index >= 15 is 0 Å². The van der Waals surface area contributed by atoms with Gasteiger partial charge in [-0.1, -0.05) is 0 Å². The van der Waals surface area contributed by atoms with Crippen LogP contribution in [0.5, 0.6) is 0 Å². The molecule has 0 atom stereocenters. The van der Waals surface area contributed by atoms with Gasteiger partial charge in [0.15, 0.2) is 0 Å². The van der Waals surface area contributed by atoms with Crippen molar-refractivity contribution < 1.29 is 4.74 Å². The van der Waals surface area contributed by atoms with Gasteiger partial charge < -0.3 is 4.74 Å². The lowest BCUT2D eigenvalue weighted by Crippen LogP contribution is -1.99. The summed E-state index contributed by atoms with van der Waals surface area (Å²) in [6.07, 6.45) is 5.75. The number of alkyl halides is 4. The first kappa shape index (κ1) is 16.1. The fourth-order valence-electron chi connectivity index (χ4n) is 1.11. The van der Waals surface area contributed by atoms with E-state index in [2.05, 4.69) is 0 Å². The van der Waals surface area contributed by atoms with Crippen LogP contribution < -0.4 is 0 Å². The maximum absolute atomic E-state index is 5.59. The third-order valence-corrected chi connectivity index (χ3v) is 2.79. The molecule has 0 rings (SSSR count). The van der Waals surface area contributed by atoms with Crippen LogP contribution in [0.25, 0.3) is 0 Å². The van der Waals surface area contributed by atoms with Crippen LogP contribution in [0.4, 0.5) is 0 Å². The highest BCUT2D eigenvalue weighted by molar-refractivity contribution is 6.44. The molecular weight excluding hydrogens is 278 g/mol. The number of hydrogen-bond acceptors (Lipinski definition) is 1. The molecule has 0 aromatic carbocycles. The average molecular weight is 296 g/mol. The zero-order valence-corrected chi connectivity index (χ0v) is 11.8. The highest BCUT2D eigenvalue weighted by Crippen LogP contribution is 2.12. The van der Waals surface area contributed by atoms with Crippen LogP contribution in [0, 0.1) is 0 Å². The summed E-state index contributed by atoms with van der Waals surface area (Å²) in [5.41, 5.74) is 0. The van der Waals surface area contributed by atoms with Gasteiger partial charge in [0.2, 0.25) is 0 Å². The van der Waals surface area contributed by atoms with Crippen molar-refractivity contribution >= 4 is 46.4 Å². The van der Waals surface area contributed by atoms with E-state index in [9.17, 15) is 0 Å². The van der Waals surface area contributed by atoms with Crippen LogP contribution in [0.1, 0.15) is 38.5 Å². The molecule has 92 valence electrons. The summed E-state index contributed by atoms with van der Waals surface area (Å²) >= 11 is 22.4. The average Bonchev–Trinajstić information content (AvgIpc) is 2.14. The van der Waals surface area contributed by atoms with Gasteiger partial charge in [-0.05, 0) is 38.5 Å². The Hall–Kier alpha value is 1.12.